The van der Waals surface area contributed by atoms with Crippen LogP contribution < -0.4 is 5.69 Å². The molecule has 0 aromatic carbocycles. The first-order valence-electron chi connectivity index (χ1n) is 1.98. The zero-order valence-electron chi connectivity index (χ0n) is 5.36. The smallest absolute Gasteiger partial charge is 0.280 e. The first-order chi connectivity index (χ1) is 4.18. The van der Waals surface area contributed by atoms with Gasteiger partial charge in [-0.05, 0) is 23.2 Å². The monoisotopic (exact) mass is 295 g/mol. The van der Waals surface area contributed by atoms with Gasteiger partial charge in [-0.1, -0.05) is 0 Å². The van der Waals surface area contributed by atoms with Crippen molar-refractivity contribution in [2.24, 2.45) is 0 Å². The van der Waals surface area contributed by atoms with Gasteiger partial charge in [0.05, 0.1) is 0 Å². The van der Waals surface area contributed by atoms with E-state index in [-0.39, 0.29) is 62.5 Å². The van der Waals surface area contributed by atoms with Crippen molar-refractivity contribution < 1.29 is 22.4 Å². The van der Waals surface area contributed by atoms with Crippen molar-refractivity contribution in [3.8, 4) is 0 Å². The molecule has 0 aliphatic heterocycles. The molecule has 1 heterocycles. The van der Waals surface area contributed by atoms with Gasteiger partial charge in [-0.3, -0.25) is 4.98 Å². The maximum absolute atomic E-state index is 10.3. The average molecular weight is 297 g/mol. The predicted molar refractivity (Wildman–Crippen MR) is 38.4 cm³/mol. The molecular weight excluding hydrogens is 296 g/mol. The maximum atomic E-state index is 10.3. The molecule has 11 heavy (non-hydrogen) atoms. The number of nitrogens with zero attached hydrogens (tertiary/aromatic N) is 2. The van der Waals surface area contributed by atoms with Crippen LogP contribution in [0.1, 0.15) is 0 Å². The fourth-order valence-electron chi connectivity index (χ4n) is 0.334. The third-order valence-corrected chi connectivity index (χ3v) is 0.942. The summed E-state index contributed by atoms with van der Waals surface area (Å²) >= 11 is 10.5. The summed E-state index contributed by atoms with van der Waals surface area (Å²) in [6, 6.07) is 0. The Morgan fingerprint density at radius 2 is 1.82 bits per heavy atom. The Morgan fingerprint density at radius 3 is 2.18 bits per heavy atom. The van der Waals surface area contributed by atoms with Gasteiger partial charge in [0.25, 0.3) is 0 Å². The summed E-state index contributed by atoms with van der Waals surface area (Å²) in [4.78, 5) is 19.0. The molecule has 4 nitrogen and oxygen atoms in total. The molecule has 0 saturated heterocycles. The molecule has 1 N–H and O–H groups in total. The largest absolute Gasteiger partial charge is 0.350 e. The predicted octanol–water partition coefficient (Wildman–Crippen LogP) is 0.0884. The fourth-order valence-corrected chi connectivity index (χ4v) is 0.699. The van der Waals surface area contributed by atoms with E-state index in [4.69, 9.17) is 23.2 Å². The summed E-state index contributed by atoms with van der Waals surface area (Å²) < 4.78 is 0. The Kier molecular flexibility index (Phi) is 8.82. The Labute approximate surface area is 110 Å². The van der Waals surface area contributed by atoms with E-state index in [9.17, 15) is 4.79 Å². The van der Waals surface area contributed by atoms with E-state index in [1.807, 2.05) is 0 Å². The first-order valence-corrected chi connectivity index (χ1v) is 2.73. The van der Waals surface area contributed by atoms with Crippen molar-refractivity contribution in [1.82, 2.24) is 15.0 Å². The molecule has 1 aromatic heterocycles. The van der Waals surface area contributed by atoms with Crippen LogP contribution in [0.4, 0.5) is 0 Å². The van der Waals surface area contributed by atoms with Crippen LogP contribution in [0.15, 0.2) is 4.79 Å². The SMILES string of the molecule is O=c1nc(Cl)nc(Cl)[nH]1.[Ag].[Na]. The second-order valence-corrected chi connectivity index (χ2v) is 1.91. The van der Waals surface area contributed by atoms with Crippen LogP contribution in [0.25, 0.3) is 0 Å². The van der Waals surface area contributed by atoms with E-state index in [0.29, 0.717) is 0 Å². The zero-order chi connectivity index (χ0) is 6.85. The standard InChI is InChI=1S/C3HCl2N3O.Ag.Na/c4-1-6-2(5)8-3(9)7-1;;/h(H,6,7,8,9);;. The van der Waals surface area contributed by atoms with Crippen molar-refractivity contribution in [1.29, 1.82) is 0 Å². The van der Waals surface area contributed by atoms with Crippen LogP contribution in [0.2, 0.25) is 10.6 Å². The van der Waals surface area contributed by atoms with Gasteiger partial charge < -0.3 is 0 Å². The second-order valence-electron chi connectivity index (χ2n) is 1.21. The van der Waals surface area contributed by atoms with E-state index in [1.165, 1.54) is 0 Å². The van der Waals surface area contributed by atoms with E-state index >= 15 is 0 Å². The van der Waals surface area contributed by atoms with Crippen molar-refractivity contribution in [3.63, 3.8) is 0 Å². The van der Waals surface area contributed by atoms with Gasteiger partial charge in [0.15, 0.2) is 0 Å². The summed E-state index contributed by atoms with van der Waals surface area (Å²) in [7, 11) is 0. The molecule has 0 amide bonds. The van der Waals surface area contributed by atoms with Crippen LogP contribution in [0.5, 0.6) is 0 Å². The van der Waals surface area contributed by atoms with Gasteiger partial charge in [0.1, 0.15) is 0 Å². The van der Waals surface area contributed by atoms with Gasteiger partial charge in [0, 0.05) is 51.9 Å². The first kappa shape index (κ1) is 14.6. The maximum Gasteiger partial charge on any atom is 0.350 e. The Hall–Kier alpha value is 1.13. The number of aromatic amines is 1. The number of aromatic nitrogens is 3. The molecule has 2 radical (unpaired) electrons. The van der Waals surface area contributed by atoms with Crippen LogP contribution in [-0.4, -0.2) is 44.5 Å². The summed E-state index contributed by atoms with van der Waals surface area (Å²) in [6.07, 6.45) is 0. The van der Waals surface area contributed by atoms with Gasteiger partial charge in [-0.2, -0.15) is 9.97 Å². The fraction of sp³-hybridized carbons (Fsp3) is 0. The van der Waals surface area contributed by atoms with E-state index in [0.717, 1.165) is 0 Å². The molecule has 0 fully saturated rings. The number of hydrogen-bond donors (Lipinski definition) is 1. The summed E-state index contributed by atoms with van der Waals surface area (Å²) in [5.41, 5.74) is -0.597. The molecule has 0 atom stereocenters. The van der Waals surface area contributed by atoms with Crippen LogP contribution in [-0.2, 0) is 22.4 Å². The van der Waals surface area contributed by atoms with Crippen LogP contribution >= 0.6 is 23.2 Å². The minimum atomic E-state index is -0.597. The Balaban J connectivity index is 0. The third-order valence-electron chi connectivity index (χ3n) is 0.594. The Bertz CT molecular complexity index is 256. The summed E-state index contributed by atoms with van der Waals surface area (Å²) in [5, 5.41) is -0.205. The van der Waals surface area contributed by atoms with Crippen molar-refractivity contribution in [2.45, 2.75) is 0 Å². The third kappa shape index (κ3) is 5.38. The molecular formula is C3HAgCl2N3NaO. The molecule has 0 aliphatic carbocycles. The quantitative estimate of drug-likeness (QED) is 0.690. The molecule has 1 aromatic rings. The molecule has 8 heteroatoms. The molecule has 0 bridgehead atoms. The zero-order valence-corrected chi connectivity index (χ0v) is 10.4. The molecule has 0 unspecified atom stereocenters. The number of H-pyrrole nitrogens is 1. The molecule has 0 saturated carbocycles. The molecule has 0 spiro atoms. The minimum absolute atomic E-state index is 0. The topological polar surface area (TPSA) is 58.6 Å². The minimum Gasteiger partial charge on any atom is -0.280 e. The van der Waals surface area contributed by atoms with Crippen molar-refractivity contribution in [3.05, 3.63) is 21.1 Å². The van der Waals surface area contributed by atoms with Crippen molar-refractivity contribution >= 4 is 52.8 Å². The normalized spacial score (nSPS) is 7.82. The van der Waals surface area contributed by atoms with Gasteiger partial charge in [-0.15, -0.1) is 0 Å². The van der Waals surface area contributed by atoms with Crippen LogP contribution in [0, 0.1) is 0 Å². The van der Waals surface area contributed by atoms with E-state index in [1.54, 1.807) is 0 Å². The van der Waals surface area contributed by atoms with Gasteiger partial charge in [-0.25, -0.2) is 4.79 Å². The van der Waals surface area contributed by atoms with Crippen molar-refractivity contribution in [2.75, 3.05) is 0 Å². The number of halogens is 2. The van der Waals surface area contributed by atoms with E-state index in [2.05, 4.69) is 15.0 Å². The average Bonchev–Trinajstić information content (AvgIpc) is 1.59. The second kappa shape index (κ2) is 6.63. The molecule has 0 aliphatic rings. The molecule has 1 rings (SSSR count). The van der Waals surface area contributed by atoms with E-state index < -0.39 is 5.69 Å². The number of rotatable bonds is 0. The van der Waals surface area contributed by atoms with Gasteiger partial charge in [0.2, 0.25) is 10.6 Å². The Morgan fingerprint density at radius 1 is 1.27 bits per heavy atom. The van der Waals surface area contributed by atoms with Gasteiger partial charge >= 0.3 is 5.69 Å². The molecule has 60 valence electrons. The number of nitrogens with one attached hydrogen (secondary N) is 1. The number of hydrogen-bond acceptors (Lipinski definition) is 3. The van der Waals surface area contributed by atoms with Crippen LogP contribution in [0.3, 0.4) is 0 Å². The summed E-state index contributed by atoms with van der Waals surface area (Å²) in [6.45, 7) is 0. The summed E-state index contributed by atoms with van der Waals surface area (Å²) in [5.74, 6) is 0.